The van der Waals surface area contributed by atoms with Crippen LogP contribution in [0.5, 0.6) is 0 Å². The molecular formula is C12H15ClN4. The Labute approximate surface area is 105 Å². The van der Waals surface area contributed by atoms with Gasteiger partial charge in [0.15, 0.2) is 5.65 Å². The van der Waals surface area contributed by atoms with E-state index in [1.807, 2.05) is 11.6 Å². The highest BCUT2D eigenvalue weighted by Crippen LogP contribution is 2.31. The molecule has 0 bridgehead atoms. The van der Waals surface area contributed by atoms with E-state index < -0.39 is 0 Å². The zero-order valence-electron chi connectivity index (χ0n) is 9.86. The van der Waals surface area contributed by atoms with Gasteiger partial charge in [0.2, 0.25) is 0 Å². The number of aryl methyl sites for hydroxylation is 1. The lowest BCUT2D eigenvalue weighted by Crippen LogP contribution is -2.14. The molecule has 4 nitrogen and oxygen atoms in total. The molecular weight excluding hydrogens is 236 g/mol. The van der Waals surface area contributed by atoms with Gasteiger partial charge in [-0.25, -0.2) is 14.6 Å². The Hall–Kier alpha value is -1.16. The molecule has 1 aliphatic rings. The fraction of sp³-hybridized carbons (Fsp3) is 0.583. The van der Waals surface area contributed by atoms with Gasteiger partial charge in [-0.3, -0.25) is 0 Å². The van der Waals surface area contributed by atoms with Crippen molar-refractivity contribution >= 4 is 22.6 Å². The van der Waals surface area contributed by atoms with E-state index in [1.54, 1.807) is 6.20 Å². The fourth-order valence-electron chi connectivity index (χ4n) is 2.59. The average molecular weight is 251 g/mol. The van der Waals surface area contributed by atoms with Crippen LogP contribution in [0.25, 0.3) is 11.0 Å². The number of rotatable bonds is 1. The van der Waals surface area contributed by atoms with E-state index in [0.29, 0.717) is 17.0 Å². The number of nitrogens with zero attached hydrogens (tertiary/aromatic N) is 4. The van der Waals surface area contributed by atoms with Crippen LogP contribution in [0, 0.1) is 6.92 Å². The topological polar surface area (TPSA) is 43.6 Å². The van der Waals surface area contributed by atoms with Gasteiger partial charge in [0.05, 0.1) is 17.6 Å². The molecule has 1 fully saturated rings. The molecule has 0 unspecified atom stereocenters. The second kappa shape index (κ2) is 4.26. The summed E-state index contributed by atoms with van der Waals surface area (Å²) in [6, 6.07) is 0.478. The van der Waals surface area contributed by atoms with Gasteiger partial charge in [-0.05, 0) is 19.8 Å². The summed E-state index contributed by atoms with van der Waals surface area (Å²) in [7, 11) is 0. The van der Waals surface area contributed by atoms with Gasteiger partial charge in [-0.2, -0.15) is 5.10 Å². The van der Waals surface area contributed by atoms with Crippen LogP contribution in [0.2, 0.25) is 5.15 Å². The number of halogens is 1. The lowest BCUT2D eigenvalue weighted by Gasteiger charge is -2.22. The average Bonchev–Trinajstić information content (AvgIpc) is 2.74. The zero-order chi connectivity index (χ0) is 11.8. The Kier molecular flexibility index (Phi) is 2.74. The minimum atomic E-state index is 0.478. The molecule has 0 atom stereocenters. The number of aromatic nitrogens is 4. The molecule has 0 spiro atoms. The lowest BCUT2D eigenvalue weighted by molar-refractivity contribution is 0.335. The molecule has 0 amide bonds. The first-order valence-corrected chi connectivity index (χ1v) is 6.51. The lowest BCUT2D eigenvalue weighted by atomic mass is 9.96. The van der Waals surface area contributed by atoms with Gasteiger partial charge < -0.3 is 0 Å². The quantitative estimate of drug-likeness (QED) is 0.730. The molecule has 5 heteroatoms. The molecule has 90 valence electrons. The number of fused-ring (bicyclic) bond motifs is 1. The third-order valence-electron chi connectivity index (χ3n) is 3.44. The first-order valence-electron chi connectivity index (χ1n) is 6.13. The molecule has 0 aromatic carbocycles. The van der Waals surface area contributed by atoms with Crippen molar-refractivity contribution in [3.63, 3.8) is 0 Å². The van der Waals surface area contributed by atoms with Crippen molar-refractivity contribution in [3.05, 3.63) is 17.2 Å². The maximum absolute atomic E-state index is 6.11. The zero-order valence-corrected chi connectivity index (χ0v) is 10.6. The first-order chi connectivity index (χ1) is 8.25. The van der Waals surface area contributed by atoms with Crippen LogP contribution in [0.4, 0.5) is 0 Å². The van der Waals surface area contributed by atoms with Crippen molar-refractivity contribution in [1.82, 2.24) is 19.7 Å². The molecule has 3 rings (SSSR count). The molecule has 2 aromatic heterocycles. The van der Waals surface area contributed by atoms with Crippen molar-refractivity contribution in [2.45, 2.75) is 45.1 Å². The predicted molar refractivity (Wildman–Crippen MR) is 67.2 cm³/mol. The number of hydrogen-bond donors (Lipinski definition) is 0. The van der Waals surface area contributed by atoms with E-state index in [4.69, 9.17) is 11.6 Å². The Bertz CT molecular complexity index is 543. The van der Waals surface area contributed by atoms with Crippen LogP contribution in [-0.4, -0.2) is 19.7 Å². The predicted octanol–water partition coefficient (Wildman–Crippen LogP) is 3.29. The standard InChI is InChI=1S/C12H15ClN4/c1-8-15-11(13)10-7-14-17(12(10)16-8)9-5-3-2-4-6-9/h7,9H,2-6H2,1H3. The highest BCUT2D eigenvalue weighted by atomic mass is 35.5. The van der Waals surface area contributed by atoms with Gasteiger partial charge in [-0.1, -0.05) is 30.9 Å². The van der Waals surface area contributed by atoms with E-state index >= 15 is 0 Å². The highest BCUT2D eigenvalue weighted by molar-refractivity contribution is 6.33. The summed E-state index contributed by atoms with van der Waals surface area (Å²) in [6.45, 7) is 1.86. The molecule has 2 heterocycles. The van der Waals surface area contributed by atoms with Crippen molar-refractivity contribution in [2.75, 3.05) is 0 Å². The largest absolute Gasteiger partial charge is 0.244 e. The molecule has 0 aliphatic heterocycles. The van der Waals surface area contributed by atoms with E-state index in [9.17, 15) is 0 Å². The molecule has 0 N–H and O–H groups in total. The summed E-state index contributed by atoms with van der Waals surface area (Å²) in [5.41, 5.74) is 0.884. The maximum atomic E-state index is 6.11. The highest BCUT2D eigenvalue weighted by Gasteiger charge is 2.19. The second-order valence-corrected chi connectivity index (χ2v) is 5.04. The van der Waals surface area contributed by atoms with E-state index in [-0.39, 0.29) is 0 Å². The summed E-state index contributed by atoms with van der Waals surface area (Å²) in [6.07, 6.45) is 8.07. The molecule has 1 aliphatic carbocycles. The summed E-state index contributed by atoms with van der Waals surface area (Å²) >= 11 is 6.11. The normalized spacial score (nSPS) is 17.8. The van der Waals surface area contributed by atoms with E-state index in [0.717, 1.165) is 11.0 Å². The van der Waals surface area contributed by atoms with Crippen molar-refractivity contribution in [2.24, 2.45) is 0 Å². The molecule has 17 heavy (non-hydrogen) atoms. The van der Waals surface area contributed by atoms with Crippen LogP contribution in [0.15, 0.2) is 6.20 Å². The third kappa shape index (κ3) is 1.90. The molecule has 1 saturated carbocycles. The summed E-state index contributed by atoms with van der Waals surface area (Å²) in [5.74, 6) is 0.708. The van der Waals surface area contributed by atoms with Crippen LogP contribution in [0.3, 0.4) is 0 Å². The van der Waals surface area contributed by atoms with Crippen LogP contribution < -0.4 is 0 Å². The molecule has 2 aromatic rings. The minimum Gasteiger partial charge on any atom is -0.244 e. The number of hydrogen-bond acceptors (Lipinski definition) is 3. The minimum absolute atomic E-state index is 0.478. The second-order valence-electron chi connectivity index (χ2n) is 4.68. The Morgan fingerprint density at radius 2 is 2.00 bits per heavy atom. The summed E-state index contributed by atoms with van der Waals surface area (Å²) < 4.78 is 2.04. The smallest absolute Gasteiger partial charge is 0.163 e. The third-order valence-corrected chi connectivity index (χ3v) is 3.73. The maximum Gasteiger partial charge on any atom is 0.163 e. The van der Waals surface area contributed by atoms with Crippen LogP contribution >= 0.6 is 11.6 Å². The molecule has 0 radical (unpaired) electrons. The van der Waals surface area contributed by atoms with E-state index in [2.05, 4.69) is 15.1 Å². The van der Waals surface area contributed by atoms with Gasteiger partial charge >= 0.3 is 0 Å². The summed E-state index contributed by atoms with van der Waals surface area (Å²) in [4.78, 5) is 8.64. The van der Waals surface area contributed by atoms with Crippen LogP contribution in [-0.2, 0) is 0 Å². The Balaban J connectivity index is 2.10. The Morgan fingerprint density at radius 3 is 2.76 bits per heavy atom. The molecule has 0 saturated heterocycles. The van der Waals surface area contributed by atoms with E-state index in [1.165, 1.54) is 32.1 Å². The first kappa shape index (κ1) is 11.0. The van der Waals surface area contributed by atoms with Gasteiger partial charge in [0, 0.05) is 0 Å². The van der Waals surface area contributed by atoms with Crippen molar-refractivity contribution in [1.29, 1.82) is 0 Å². The Morgan fingerprint density at radius 1 is 1.24 bits per heavy atom. The van der Waals surface area contributed by atoms with Gasteiger partial charge in [-0.15, -0.1) is 0 Å². The summed E-state index contributed by atoms with van der Waals surface area (Å²) in [5, 5.41) is 5.82. The monoisotopic (exact) mass is 250 g/mol. The van der Waals surface area contributed by atoms with Gasteiger partial charge in [0.1, 0.15) is 11.0 Å². The SMILES string of the molecule is Cc1nc(Cl)c2cnn(C3CCCCC3)c2n1. The van der Waals surface area contributed by atoms with Crippen molar-refractivity contribution < 1.29 is 0 Å². The van der Waals surface area contributed by atoms with Crippen molar-refractivity contribution in [3.8, 4) is 0 Å². The van der Waals surface area contributed by atoms with Crippen LogP contribution in [0.1, 0.15) is 44.0 Å². The van der Waals surface area contributed by atoms with Gasteiger partial charge in [0.25, 0.3) is 0 Å². The fourth-order valence-corrected chi connectivity index (χ4v) is 2.84.